The SMILES string of the molecule is CCCCCC[C@@H](F)COc1ccc(C(=O)O)cc1F. The van der Waals surface area contributed by atoms with E-state index >= 15 is 0 Å². The lowest BCUT2D eigenvalue weighted by Crippen LogP contribution is -2.13. The quantitative estimate of drug-likeness (QED) is 0.692. The number of rotatable bonds is 9. The van der Waals surface area contributed by atoms with Crippen molar-refractivity contribution in [2.45, 2.75) is 45.2 Å². The second kappa shape index (κ2) is 8.51. The van der Waals surface area contributed by atoms with Gasteiger partial charge in [-0.1, -0.05) is 32.6 Å². The molecule has 0 fully saturated rings. The molecule has 3 nitrogen and oxygen atoms in total. The number of halogens is 2. The predicted octanol–water partition coefficient (Wildman–Crippen LogP) is 4.21. The number of carboxylic acid groups (broad SMARTS) is 1. The summed E-state index contributed by atoms with van der Waals surface area (Å²) in [6.45, 7) is 1.87. The number of ether oxygens (including phenoxy) is 1. The Morgan fingerprint density at radius 2 is 2.10 bits per heavy atom. The predicted molar refractivity (Wildman–Crippen MR) is 72.5 cm³/mol. The van der Waals surface area contributed by atoms with Crippen LogP contribution in [0.4, 0.5) is 8.78 Å². The van der Waals surface area contributed by atoms with Gasteiger partial charge in [-0.3, -0.25) is 0 Å². The summed E-state index contributed by atoms with van der Waals surface area (Å²) in [7, 11) is 0. The Hall–Kier alpha value is -1.65. The molecule has 0 saturated heterocycles. The van der Waals surface area contributed by atoms with Crippen molar-refractivity contribution in [1.29, 1.82) is 0 Å². The molecule has 20 heavy (non-hydrogen) atoms. The Labute approximate surface area is 117 Å². The Balaban J connectivity index is 2.39. The van der Waals surface area contributed by atoms with Gasteiger partial charge in [-0.25, -0.2) is 13.6 Å². The number of hydrogen-bond acceptors (Lipinski definition) is 2. The van der Waals surface area contributed by atoms with E-state index in [9.17, 15) is 13.6 Å². The first-order valence-electron chi connectivity index (χ1n) is 6.84. The Morgan fingerprint density at radius 1 is 1.35 bits per heavy atom. The molecule has 5 heteroatoms. The highest BCUT2D eigenvalue weighted by Gasteiger charge is 2.12. The highest BCUT2D eigenvalue weighted by molar-refractivity contribution is 5.87. The van der Waals surface area contributed by atoms with Gasteiger partial charge in [-0.05, 0) is 24.6 Å². The zero-order valence-corrected chi connectivity index (χ0v) is 11.6. The lowest BCUT2D eigenvalue weighted by Gasteiger charge is -2.11. The number of aromatic carboxylic acids is 1. The Bertz CT molecular complexity index is 435. The lowest BCUT2D eigenvalue weighted by atomic mass is 10.1. The normalized spacial score (nSPS) is 12.2. The van der Waals surface area contributed by atoms with Crippen LogP contribution < -0.4 is 4.74 Å². The molecule has 1 N–H and O–H groups in total. The summed E-state index contributed by atoms with van der Waals surface area (Å²) in [6, 6.07) is 3.31. The molecule has 1 rings (SSSR count). The second-order valence-corrected chi connectivity index (χ2v) is 4.71. The fourth-order valence-electron chi connectivity index (χ4n) is 1.81. The number of unbranched alkanes of at least 4 members (excludes halogenated alkanes) is 3. The van der Waals surface area contributed by atoms with Crippen molar-refractivity contribution in [2.75, 3.05) is 6.61 Å². The van der Waals surface area contributed by atoms with Crippen molar-refractivity contribution in [2.24, 2.45) is 0 Å². The number of benzene rings is 1. The maximum Gasteiger partial charge on any atom is 0.335 e. The van der Waals surface area contributed by atoms with Crippen molar-refractivity contribution in [1.82, 2.24) is 0 Å². The molecule has 0 saturated carbocycles. The van der Waals surface area contributed by atoms with E-state index in [0.717, 1.165) is 31.7 Å². The molecule has 0 heterocycles. The Morgan fingerprint density at radius 3 is 2.70 bits per heavy atom. The summed E-state index contributed by atoms with van der Waals surface area (Å²) in [5, 5.41) is 8.69. The van der Waals surface area contributed by atoms with E-state index in [4.69, 9.17) is 9.84 Å². The molecule has 1 aromatic carbocycles. The van der Waals surface area contributed by atoms with E-state index in [1.807, 2.05) is 0 Å². The molecule has 1 aromatic rings. The molecule has 1 atom stereocenters. The van der Waals surface area contributed by atoms with Crippen LogP contribution >= 0.6 is 0 Å². The van der Waals surface area contributed by atoms with Crippen LogP contribution in [-0.2, 0) is 0 Å². The van der Waals surface area contributed by atoms with E-state index in [0.29, 0.717) is 6.42 Å². The molecule has 0 aliphatic rings. The zero-order valence-electron chi connectivity index (χ0n) is 11.6. The van der Waals surface area contributed by atoms with Crippen LogP contribution in [0.2, 0.25) is 0 Å². The average molecular weight is 286 g/mol. The minimum absolute atomic E-state index is 0.119. The van der Waals surface area contributed by atoms with Gasteiger partial charge in [0.2, 0.25) is 0 Å². The van der Waals surface area contributed by atoms with Crippen molar-refractivity contribution >= 4 is 5.97 Å². The van der Waals surface area contributed by atoms with Gasteiger partial charge >= 0.3 is 5.97 Å². The van der Waals surface area contributed by atoms with Gasteiger partial charge in [0.05, 0.1) is 5.56 Å². The summed E-state index contributed by atoms with van der Waals surface area (Å²) in [6.07, 6.45) is 3.21. The smallest absolute Gasteiger partial charge is 0.335 e. The van der Waals surface area contributed by atoms with E-state index in [2.05, 4.69) is 6.92 Å². The molecular weight excluding hydrogens is 266 g/mol. The van der Waals surface area contributed by atoms with Crippen LogP contribution in [0.15, 0.2) is 18.2 Å². The van der Waals surface area contributed by atoms with Crippen LogP contribution in [0.1, 0.15) is 49.4 Å². The first kappa shape index (κ1) is 16.4. The molecule has 0 aliphatic carbocycles. The molecular formula is C15H20F2O3. The monoisotopic (exact) mass is 286 g/mol. The summed E-state index contributed by atoms with van der Waals surface area (Å²) in [4.78, 5) is 10.6. The van der Waals surface area contributed by atoms with Gasteiger partial charge < -0.3 is 9.84 Å². The molecule has 0 bridgehead atoms. The van der Waals surface area contributed by atoms with Crippen LogP contribution in [-0.4, -0.2) is 23.9 Å². The van der Waals surface area contributed by atoms with Crippen LogP contribution in [0, 0.1) is 5.82 Å². The number of hydrogen-bond donors (Lipinski definition) is 1. The van der Waals surface area contributed by atoms with Gasteiger partial charge in [0, 0.05) is 0 Å². The largest absolute Gasteiger partial charge is 0.487 e. The molecule has 0 radical (unpaired) electrons. The van der Waals surface area contributed by atoms with Gasteiger partial charge in [-0.15, -0.1) is 0 Å². The van der Waals surface area contributed by atoms with E-state index in [1.165, 1.54) is 12.1 Å². The number of carbonyl (C=O) groups is 1. The highest BCUT2D eigenvalue weighted by Crippen LogP contribution is 2.19. The minimum atomic E-state index is -1.21. The third kappa shape index (κ3) is 5.55. The first-order valence-corrected chi connectivity index (χ1v) is 6.84. The minimum Gasteiger partial charge on any atom is -0.487 e. The standard InChI is InChI=1S/C15H20F2O3/c1-2-3-4-5-6-12(16)10-20-14-8-7-11(15(18)19)9-13(14)17/h7-9,12H,2-6,10H2,1H3,(H,18,19)/t12-/m1/s1. The zero-order chi connectivity index (χ0) is 15.0. The van der Waals surface area contributed by atoms with Crippen molar-refractivity contribution < 1.29 is 23.4 Å². The first-order chi connectivity index (χ1) is 9.54. The third-order valence-electron chi connectivity index (χ3n) is 2.97. The van der Waals surface area contributed by atoms with Crippen LogP contribution in [0.25, 0.3) is 0 Å². The van der Waals surface area contributed by atoms with Gasteiger partial charge in [-0.2, -0.15) is 0 Å². The molecule has 0 unspecified atom stereocenters. The summed E-state index contributed by atoms with van der Waals surface area (Å²) < 4.78 is 32.1. The highest BCUT2D eigenvalue weighted by atomic mass is 19.1. The van der Waals surface area contributed by atoms with Crippen molar-refractivity contribution in [3.8, 4) is 5.75 Å². The molecule has 0 amide bonds. The number of carboxylic acids is 1. The third-order valence-corrected chi connectivity index (χ3v) is 2.97. The van der Waals surface area contributed by atoms with E-state index < -0.39 is 18.0 Å². The lowest BCUT2D eigenvalue weighted by molar-refractivity contribution is 0.0696. The number of alkyl halides is 1. The van der Waals surface area contributed by atoms with E-state index in [-0.39, 0.29) is 17.9 Å². The topological polar surface area (TPSA) is 46.5 Å². The average Bonchev–Trinajstić information content (AvgIpc) is 2.42. The summed E-state index contributed by atoms with van der Waals surface area (Å²) in [5.41, 5.74) is -0.161. The van der Waals surface area contributed by atoms with Crippen molar-refractivity contribution in [3.05, 3.63) is 29.6 Å². The second-order valence-electron chi connectivity index (χ2n) is 4.71. The van der Waals surface area contributed by atoms with Crippen LogP contribution in [0.3, 0.4) is 0 Å². The summed E-state index contributed by atoms with van der Waals surface area (Å²) >= 11 is 0. The Kier molecular flexibility index (Phi) is 6.98. The van der Waals surface area contributed by atoms with E-state index in [1.54, 1.807) is 0 Å². The molecule has 0 aromatic heterocycles. The fourth-order valence-corrected chi connectivity index (χ4v) is 1.81. The fraction of sp³-hybridized carbons (Fsp3) is 0.533. The van der Waals surface area contributed by atoms with Crippen molar-refractivity contribution in [3.63, 3.8) is 0 Å². The molecule has 0 aliphatic heterocycles. The molecule has 112 valence electrons. The maximum atomic E-state index is 13.5. The van der Waals surface area contributed by atoms with Crippen LogP contribution in [0.5, 0.6) is 5.75 Å². The maximum absolute atomic E-state index is 13.5. The van der Waals surface area contributed by atoms with Gasteiger partial charge in [0.15, 0.2) is 11.6 Å². The van der Waals surface area contributed by atoms with Gasteiger partial charge in [0.25, 0.3) is 0 Å². The molecule has 0 spiro atoms. The van der Waals surface area contributed by atoms with Gasteiger partial charge in [0.1, 0.15) is 12.8 Å². The summed E-state index contributed by atoms with van der Waals surface area (Å²) in [5.74, 6) is -2.12.